The van der Waals surface area contributed by atoms with Gasteiger partial charge in [0.1, 0.15) is 5.75 Å². The Bertz CT molecular complexity index is 871. The molecule has 0 saturated heterocycles. The predicted molar refractivity (Wildman–Crippen MR) is 102 cm³/mol. The zero-order valence-electron chi connectivity index (χ0n) is 15.3. The van der Waals surface area contributed by atoms with Crippen LogP contribution < -0.4 is 10.1 Å². The van der Waals surface area contributed by atoms with E-state index in [2.05, 4.69) is 10.3 Å². The van der Waals surface area contributed by atoms with Crippen molar-refractivity contribution in [2.45, 2.75) is 26.8 Å². The van der Waals surface area contributed by atoms with Crippen LogP contribution >= 0.6 is 0 Å². The number of aryl methyl sites for hydroxylation is 1. The number of nitrogens with zero attached hydrogens (tertiary/aromatic N) is 2. The number of aromatic nitrogens is 2. The van der Waals surface area contributed by atoms with Gasteiger partial charge >= 0.3 is 0 Å². The van der Waals surface area contributed by atoms with Crippen molar-refractivity contribution in [3.05, 3.63) is 77.9 Å². The lowest BCUT2D eigenvalue weighted by Gasteiger charge is -2.16. The van der Waals surface area contributed by atoms with Gasteiger partial charge in [-0.25, -0.2) is 4.98 Å². The van der Waals surface area contributed by atoms with Gasteiger partial charge in [0, 0.05) is 18.1 Å². The van der Waals surface area contributed by atoms with Crippen LogP contribution in [0.25, 0.3) is 5.69 Å². The standard InChI is InChI=1S/C21H23N3O2/c1-15-5-4-6-20(16(15)2)26-13-21(25)23-17(3)18-7-9-19(10-8-18)24-12-11-22-14-24/h4-12,14,17H,13H2,1-3H3,(H,23,25)/t17-/m0/s1. The Morgan fingerprint density at radius 3 is 2.65 bits per heavy atom. The van der Waals surface area contributed by atoms with Gasteiger partial charge in [0.2, 0.25) is 0 Å². The molecule has 0 aliphatic heterocycles. The second kappa shape index (κ2) is 7.87. The summed E-state index contributed by atoms with van der Waals surface area (Å²) in [6, 6.07) is 13.8. The first kappa shape index (κ1) is 17.7. The van der Waals surface area contributed by atoms with E-state index in [1.165, 1.54) is 0 Å². The van der Waals surface area contributed by atoms with Crippen LogP contribution in [-0.2, 0) is 4.79 Å². The number of rotatable bonds is 6. The van der Waals surface area contributed by atoms with Crippen LogP contribution in [0.3, 0.4) is 0 Å². The number of hydrogen-bond donors (Lipinski definition) is 1. The summed E-state index contributed by atoms with van der Waals surface area (Å²) >= 11 is 0. The van der Waals surface area contributed by atoms with E-state index in [1.807, 2.05) is 74.0 Å². The predicted octanol–water partition coefficient (Wildman–Crippen LogP) is 3.75. The molecule has 0 bridgehead atoms. The van der Waals surface area contributed by atoms with Crippen LogP contribution in [0, 0.1) is 13.8 Å². The molecule has 0 fully saturated rings. The van der Waals surface area contributed by atoms with Crippen molar-refractivity contribution in [2.75, 3.05) is 6.61 Å². The molecule has 2 aromatic carbocycles. The third kappa shape index (κ3) is 4.11. The van der Waals surface area contributed by atoms with Gasteiger partial charge in [0.15, 0.2) is 6.61 Å². The Morgan fingerprint density at radius 2 is 1.96 bits per heavy atom. The normalized spacial score (nSPS) is 11.8. The second-order valence-electron chi connectivity index (χ2n) is 6.34. The fourth-order valence-electron chi connectivity index (χ4n) is 2.74. The van der Waals surface area contributed by atoms with Gasteiger partial charge in [0.25, 0.3) is 5.91 Å². The maximum atomic E-state index is 12.2. The second-order valence-corrected chi connectivity index (χ2v) is 6.34. The van der Waals surface area contributed by atoms with Gasteiger partial charge in [-0.15, -0.1) is 0 Å². The Kier molecular flexibility index (Phi) is 5.37. The van der Waals surface area contributed by atoms with Crippen LogP contribution in [0.4, 0.5) is 0 Å². The molecule has 0 aliphatic rings. The summed E-state index contributed by atoms with van der Waals surface area (Å²) in [6.07, 6.45) is 5.39. The van der Waals surface area contributed by atoms with E-state index >= 15 is 0 Å². The molecule has 0 radical (unpaired) electrons. The molecule has 5 nitrogen and oxygen atoms in total. The molecule has 3 rings (SSSR count). The maximum absolute atomic E-state index is 12.2. The smallest absolute Gasteiger partial charge is 0.258 e. The zero-order valence-corrected chi connectivity index (χ0v) is 15.3. The summed E-state index contributed by atoms with van der Waals surface area (Å²) in [5.41, 5.74) is 4.27. The first-order valence-electron chi connectivity index (χ1n) is 8.61. The third-order valence-corrected chi connectivity index (χ3v) is 4.49. The average molecular weight is 349 g/mol. The van der Waals surface area contributed by atoms with E-state index in [0.717, 1.165) is 28.1 Å². The lowest BCUT2D eigenvalue weighted by Crippen LogP contribution is -2.31. The largest absolute Gasteiger partial charge is 0.483 e. The quantitative estimate of drug-likeness (QED) is 0.737. The van der Waals surface area contributed by atoms with Gasteiger partial charge in [-0.1, -0.05) is 24.3 Å². The highest BCUT2D eigenvalue weighted by Gasteiger charge is 2.11. The highest BCUT2D eigenvalue weighted by atomic mass is 16.5. The topological polar surface area (TPSA) is 56.1 Å². The van der Waals surface area contributed by atoms with Crippen LogP contribution in [0.2, 0.25) is 0 Å². The minimum Gasteiger partial charge on any atom is -0.483 e. The molecule has 0 spiro atoms. The Labute approximate surface area is 153 Å². The van der Waals surface area contributed by atoms with Gasteiger partial charge in [-0.05, 0) is 55.7 Å². The summed E-state index contributed by atoms with van der Waals surface area (Å²) in [4.78, 5) is 16.2. The minimum atomic E-state index is -0.142. The molecule has 26 heavy (non-hydrogen) atoms. The van der Waals surface area contributed by atoms with Crippen molar-refractivity contribution in [2.24, 2.45) is 0 Å². The van der Waals surface area contributed by atoms with Crippen molar-refractivity contribution in [3.8, 4) is 11.4 Å². The number of carbonyl (C=O) groups is 1. The molecule has 134 valence electrons. The van der Waals surface area contributed by atoms with Gasteiger partial charge < -0.3 is 14.6 Å². The summed E-state index contributed by atoms with van der Waals surface area (Å²) in [6.45, 7) is 5.98. The number of carbonyl (C=O) groups excluding carboxylic acids is 1. The molecular weight excluding hydrogens is 326 g/mol. The Hall–Kier alpha value is -3.08. The Morgan fingerprint density at radius 1 is 1.19 bits per heavy atom. The van der Waals surface area contributed by atoms with E-state index in [9.17, 15) is 4.79 Å². The van der Waals surface area contributed by atoms with Crippen molar-refractivity contribution >= 4 is 5.91 Å². The number of hydrogen-bond acceptors (Lipinski definition) is 3. The van der Waals surface area contributed by atoms with Crippen molar-refractivity contribution in [1.82, 2.24) is 14.9 Å². The fraction of sp³-hybridized carbons (Fsp3) is 0.238. The molecular formula is C21H23N3O2. The molecule has 1 heterocycles. The molecule has 1 aromatic heterocycles. The van der Waals surface area contributed by atoms with Crippen LogP contribution in [0.5, 0.6) is 5.75 Å². The lowest BCUT2D eigenvalue weighted by atomic mass is 10.1. The molecule has 1 amide bonds. The molecule has 1 N–H and O–H groups in total. The molecule has 0 unspecified atom stereocenters. The lowest BCUT2D eigenvalue weighted by molar-refractivity contribution is -0.123. The van der Waals surface area contributed by atoms with Gasteiger partial charge in [-0.2, -0.15) is 0 Å². The monoisotopic (exact) mass is 349 g/mol. The number of ether oxygens (including phenoxy) is 1. The van der Waals surface area contributed by atoms with Gasteiger partial charge in [0.05, 0.1) is 12.4 Å². The number of amides is 1. The molecule has 3 aromatic rings. The summed E-state index contributed by atoms with van der Waals surface area (Å²) < 4.78 is 7.60. The summed E-state index contributed by atoms with van der Waals surface area (Å²) in [5.74, 6) is 0.606. The highest BCUT2D eigenvalue weighted by Crippen LogP contribution is 2.20. The summed E-state index contributed by atoms with van der Waals surface area (Å²) in [5, 5.41) is 2.97. The molecule has 0 saturated carbocycles. The first-order valence-corrected chi connectivity index (χ1v) is 8.61. The van der Waals surface area contributed by atoms with Crippen molar-refractivity contribution in [3.63, 3.8) is 0 Å². The van der Waals surface area contributed by atoms with Crippen LogP contribution in [0.1, 0.15) is 29.7 Å². The number of nitrogens with one attached hydrogen (secondary N) is 1. The Balaban J connectivity index is 1.56. The van der Waals surface area contributed by atoms with E-state index in [0.29, 0.717) is 0 Å². The van der Waals surface area contributed by atoms with Crippen molar-refractivity contribution < 1.29 is 9.53 Å². The SMILES string of the molecule is Cc1cccc(OCC(=O)N[C@@H](C)c2ccc(-n3ccnc3)cc2)c1C. The van der Waals surface area contributed by atoms with E-state index in [-0.39, 0.29) is 18.6 Å². The fourth-order valence-corrected chi connectivity index (χ4v) is 2.74. The van der Waals surface area contributed by atoms with E-state index < -0.39 is 0 Å². The molecule has 5 heteroatoms. The van der Waals surface area contributed by atoms with Crippen LogP contribution in [0.15, 0.2) is 61.2 Å². The number of imidazole rings is 1. The average Bonchev–Trinajstić information content (AvgIpc) is 3.18. The first-order chi connectivity index (χ1) is 12.5. The zero-order chi connectivity index (χ0) is 18.5. The molecule has 0 aliphatic carbocycles. The van der Waals surface area contributed by atoms with Crippen molar-refractivity contribution in [1.29, 1.82) is 0 Å². The molecule has 1 atom stereocenters. The minimum absolute atomic E-state index is 0.00174. The maximum Gasteiger partial charge on any atom is 0.258 e. The van der Waals surface area contributed by atoms with E-state index in [1.54, 1.807) is 12.5 Å². The third-order valence-electron chi connectivity index (χ3n) is 4.49. The van der Waals surface area contributed by atoms with E-state index in [4.69, 9.17) is 4.74 Å². The van der Waals surface area contributed by atoms with Crippen LogP contribution in [-0.4, -0.2) is 22.1 Å². The summed E-state index contributed by atoms with van der Waals surface area (Å²) in [7, 11) is 0. The number of benzene rings is 2. The highest BCUT2D eigenvalue weighted by molar-refractivity contribution is 5.78. The van der Waals surface area contributed by atoms with Gasteiger partial charge in [-0.3, -0.25) is 4.79 Å².